The largest absolute Gasteiger partial charge is 0.459 e. The maximum Gasteiger partial charge on any atom is 0.330 e. The van der Waals surface area contributed by atoms with Crippen LogP contribution in [0.5, 0.6) is 0 Å². The number of hydrogen-bond acceptors (Lipinski definition) is 12. The highest BCUT2D eigenvalue weighted by atomic mass is 16.7. The van der Waals surface area contributed by atoms with E-state index in [1.165, 1.54) is 13.2 Å². The molecule has 0 amide bonds. The van der Waals surface area contributed by atoms with Gasteiger partial charge in [-0.1, -0.05) is 65.0 Å². The first-order valence-corrected chi connectivity index (χ1v) is 22.4. The van der Waals surface area contributed by atoms with Crippen molar-refractivity contribution in [3.63, 3.8) is 0 Å². The predicted molar refractivity (Wildman–Crippen MR) is 223 cm³/mol. The molecule has 7 N–H and O–H groups in total. The van der Waals surface area contributed by atoms with Crippen molar-refractivity contribution in [3.05, 3.63) is 36.5 Å². The summed E-state index contributed by atoms with van der Waals surface area (Å²) in [6.45, 7) is 11.2. The summed E-state index contributed by atoms with van der Waals surface area (Å²) in [6, 6.07) is 0. The van der Waals surface area contributed by atoms with Gasteiger partial charge in [0, 0.05) is 62.7 Å². The number of hydrogen-bond donors (Lipinski definition) is 7. The van der Waals surface area contributed by atoms with Crippen LogP contribution in [0.3, 0.4) is 0 Å². The summed E-state index contributed by atoms with van der Waals surface area (Å²) >= 11 is 0. The third-order valence-electron chi connectivity index (χ3n) is 13.5. The zero-order chi connectivity index (χ0) is 43.0. The van der Waals surface area contributed by atoms with Crippen LogP contribution in [0.25, 0.3) is 0 Å². The Morgan fingerprint density at radius 1 is 0.879 bits per heavy atom. The van der Waals surface area contributed by atoms with Gasteiger partial charge in [-0.2, -0.15) is 0 Å². The molecule has 3 aliphatic heterocycles. The van der Waals surface area contributed by atoms with Crippen LogP contribution < -0.4 is 0 Å². The quantitative estimate of drug-likeness (QED) is 0.144. The van der Waals surface area contributed by atoms with E-state index in [1.54, 1.807) is 19.9 Å². The predicted octanol–water partition coefficient (Wildman–Crippen LogP) is 5.53. The number of aliphatic hydroxyl groups excluding tert-OH is 7. The normalized spacial score (nSPS) is 42.2. The second kappa shape index (κ2) is 25.3. The molecule has 12 heteroatoms. The first-order valence-electron chi connectivity index (χ1n) is 22.4. The molecule has 3 rings (SSSR count). The van der Waals surface area contributed by atoms with Gasteiger partial charge in [0.25, 0.3) is 0 Å². The number of methoxy groups -OCH3 is 1. The van der Waals surface area contributed by atoms with Crippen LogP contribution >= 0.6 is 0 Å². The molecule has 12 nitrogen and oxygen atoms in total. The molecule has 2 bridgehead atoms. The van der Waals surface area contributed by atoms with Gasteiger partial charge >= 0.3 is 5.97 Å². The smallest absolute Gasteiger partial charge is 0.330 e. The lowest BCUT2D eigenvalue weighted by molar-refractivity contribution is -0.350. The van der Waals surface area contributed by atoms with E-state index in [4.69, 9.17) is 18.9 Å². The van der Waals surface area contributed by atoms with Crippen LogP contribution in [0.4, 0.5) is 0 Å². The molecular formula is C46H80O12. The van der Waals surface area contributed by atoms with E-state index < -0.39 is 78.3 Å². The van der Waals surface area contributed by atoms with E-state index in [9.17, 15) is 40.5 Å². The lowest BCUT2D eigenvalue weighted by atomic mass is 9.78. The zero-order valence-corrected chi connectivity index (χ0v) is 36.5. The third kappa shape index (κ3) is 15.3. The van der Waals surface area contributed by atoms with Crippen LogP contribution in [-0.2, 0) is 23.7 Å². The fourth-order valence-corrected chi connectivity index (χ4v) is 9.00. The van der Waals surface area contributed by atoms with Crippen molar-refractivity contribution in [1.82, 2.24) is 0 Å². The molecule has 0 aliphatic carbocycles. The molecule has 2 fully saturated rings. The van der Waals surface area contributed by atoms with Gasteiger partial charge in [0.15, 0.2) is 5.79 Å². The van der Waals surface area contributed by atoms with Gasteiger partial charge in [0.1, 0.15) is 6.10 Å². The Morgan fingerprint density at radius 2 is 1.59 bits per heavy atom. The second-order valence-corrected chi connectivity index (χ2v) is 17.8. The molecule has 0 aromatic heterocycles. The number of fused-ring (bicyclic) bond motifs is 2. The number of rotatable bonds is 9. The molecule has 3 heterocycles. The SMILES string of the molecule is CCC1/C=C/C=C/CCC(O)C(C)C(O)CC(OC)CC(O)C(C)C(O)C(CC)/C=C/C(=O)OC2CC3(CCC(C)C(CC(O)C(C)O)O3)OC(CC1)C2CCCO. The summed E-state index contributed by atoms with van der Waals surface area (Å²) in [7, 11) is 1.52. The summed E-state index contributed by atoms with van der Waals surface area (Å²) < 4.78 is 25.7. The number of ether oxygens (including phenoxy) is 4. The van der Waals surface area contributed by atoms with Crippen LogP contribution in [0.1, 0.15) is 131 Å². The van der Waals surface area contributed by atoms with Gasteiger partial charge < -0.3 is 54.7 Å². The van der Waals surface area contributed by atoms with E-state index in [0.29, 0.717) is 44.9 Å². The van der Waals surface area contributed by atoms with Crippen molar-refractivity contribution >= 4 is 5.97 Å². The Labute approximate surface area is 348 Å². The molecule has 0 aromatic rings. The minimum Gasteiger partial charge on any atom is -0.459 e. The fourth-order valence-electron chi connectivity index (χ4n) is 9.00. The van der Waals surface area contributed by atoms with Crippen molar-refractivity contribution in [3.8, 4) is 0 Å². The number of esters is 1. The standard InChI is InChI=1S/C46H80O12/c1-8-33-15-12-10-11-13-17-37(49)30(4)38(50)25-35(55-7)26-39(51)31(5)45(54)34(9-2)19-21-44(53)56-43-28-46(57-41(20-18-33)36(43)16-14-24-47)23-22-29(3)42(58-46)27-40(52)32(6)48/h10-12,15,19,21,29-43,45,47-52,54H,8-9,13-14,16-18,20,22-28H2,1-7H3/b11-10+,15-12+,21-19+. The molecule has 0 saturated carbocycles. The van der Waals surface area contributed by atoms with Gasteiger partial charge in [-0.05, 0) is 89.4 Å². The van der Waals surface area contributed by atoms with Crippen molar-refractivity contribution in [1.29, 1.82) is 0 Å². The highest BCUT2D eigenvalue weighted by Gasteiger charge is 2.52. The van der Waals surface area contributed by atoms with Crippen LogP contribution in [0.15, 0.2) is 36.5 Å². The number of aliphatic hydroxyl groups is 7. The lowest BCUT2D eigenvalue weighted by Crippen LogP contribution is -2.58. The third-order valence-corrected chi connectivity index (χ3v) is 13.5. The molecule has 3 aliphatic rings. The molecule has 58 heavy (non-hydrogen) atoms. The molecular weight excluding hydrogens is 744 g/mol. The zero-order valence-electron chi connectivity index (χ0n) is 36.5. The van der Waals surface area contributed by atoms with Gasteiger partial charge in [-0.25, -0.2) is 4.79 Å². The van der Waals surface area contributed by atoms with Gasteiger partial charge in [0.05, 0.1) is 54.9 Å². The molecule has 0 radical (unpaired) electrons. The number of carbonyl (C=O) groups is 1. The average Bonchev–Trinajstić information content (AvgIpc) is 3.19. The Bertz CT molecular complexity index is 1260. The van der Waals surface area contributed by atoms with Gasteiger partial charge in [0.2, 0.25) is 0 Å². The van der Waals surface area contributed by atoms with Crippen LogP contribution in [0, 0.1) is 35.5 Å². The Kier molecular flexibility index (Phi) is 22.1. The monoisotopic (exact) mass is 825 g/mol. The van der Waals surface area contributed by atoms with E-state index in [1.807, 2.05) is 32.1 Å². The second-order valence-electron chi connectivity index (χ2n) is 17.8. The average molecular weight is 825 g/mol. The Morgan fingerprint density at radius 3 is 2.22 bits per heavy atom. The van der Waals surface area contributed by atoms with Crippen molar-refractivity contribution in [2.75, 3.05) is 13.7 Å². The Balaban J connectivity index is 1.99. The van der Waals surface area contributed by atoms with E-state index in [-0.39, 0.29) is 62.3 Å². The van der Waals surface area contributed by atoms with E-state index >= 15 is 0 Å². The minimum atomic E-state index is -1.07. The van der Waals surface area contributed by atoms with Gasteiger partial charge in [-0.15, -0.1) is 0 Å². The Hall–Kier alpha value is -1.71. The molecule has 17 atom stereocenters. The molecule has 1 spiro atoms. The maximum absolute atomic E-state index is 13.7. The maximum atomic E-state index is 13.7. The topological polar surface area (TPSA) is 196 Å². The van der Waals surface area contributed by atoms with E-state index in [2.05, 4.69) is 19.9 Å². The van der Waals surface area contributed by atoms with Crippen molar-refractivity contribution in [2.24, 2.45) is 35.5 Å². The van der Waals surface area contributed by atoms with Crippen molar-refractivity contribution < 1.29 is 59.5 Å². The lowest BCUT2D eigenvalue weighted by Gasteiger charge is -2.52. The summed E-state index contributed by atoms with van der Waals surface area (Å²) in [5.41, 5.74) is 0. The summed E-state index contributed by atoms with van der Waals surface area (Å²) in [6.07, 6.45) is 11.3. The van der Waals surface area contributed by atoms with Crippen molar-refractivity contribution in [2.45, 2.75) is 198 Å². The van der Waals surface area contributed by atoms with Crippen LogP contribution in [-0.4, -0.2) is 122 Å². The first kappa shape index (κ1) is 50.6. The summed E-state index contributed by atoms with van der Waals surface area (Å²) in [4.78, 5) is 13.7. The number of carbonyl (C=O) groups excluding carboxylic acids is 1. The van der Waals surface area contributed by atoms with Gasteiger partial charge in [-0.3, -0.25) is 0 Å². The summed E-state index contributed by atoms with van der Waals surface area (Å²) in [5.74, 6) is -2.96. The highest BCUT2D eigenvalue weighted by Crippen LogP contribution is 2.47. The molecule has 17 unspecified atom stereocenters. The molecule has 2 saturated heterocycles. The fraction of sp³-hybridized carbons (Fsp3) is 0.848. The minimum absolute atomic E-state index is 0.0172. The van der Waals surface area contributed by atoms with E-state index in [0.717, 1.165) is 19.3 Å². The summed E-state index contributed by atoms with van der Waals surface area (Å²) in [5, 5.41) is 75.2. The number of allylic oxidation sites excluding steroid dienone is 4. The van der Waals surface area contributed by atoms with Crippen LogP contribution in [0.2, 0.25) is 0 Å². The first-order chi connectivity index (χ1) is 27.6. The highest BCUT2D eigenvalue weighted by molar-refractivity contribution is 5.82. The molecule has 336 valence electrons. The molecule has 0 aromatic carbocycles.